The minimum atomic E-state index is -3.68. The summed E-state index contributed by atoms with van der Waals surface area (Å²) >= 11 is 0. The summed E-state index contributed by atoms with van der Waals surface area (Å²) in [6.45, 7) is 7.75. The monoisotopic (exact) mass is 473 g/mol. The van der Waals surface area contributed by atoms with Crippen molar-refractivity contribution in [2.24, 2.45) is 0 Å². The van der Waals surface area contributed by atoms with Crippen LogP contribution in [0.4, 0.5) is 5.69 Å². The third-order valence-corrected chi connectivity index (χ3v) is 6.97. The molecule has 0 spiro atoms. The zero-order valence-electron chi connectivity index (χ0n) is 19.8. The second kappa shape index (κ2) is 11.5. The summed E-state index contributed by atoms with van der Waals surface area (Å²) in [7, 11) is -3.68. The van der Waals surface area contributed by atoms with Crippen LogP contribution >= 0.6 is 0 Å². The van der Waals surface area contributed by atoms with Crippen LogP contribution in [0, 0.1) is 0 Å². The van der Waals surface area contributed by atoms with Crippen LogP contribution in [0.1, 0.15) is 44.2 Å². The van der Waals surface area contributed by atoms with Crippen molar-refractivity contribution in [3.8, 4) is 5.75 Å². The average molecular weight is 474 g/mol. The van der Waals surface area contributed by atoms with Gasteiger partial charge in [-0.1, -0.05) is 31.2 Å². The Labute approximate surface area is 197 Å². The van der Waals surface area contributed by atoms with E-state index in [1.54, 1.807) is 24.3 Å². The van der Waals surface area contributed by atoms with E-state index in [0.717, 1.165) is 31.5 Å². The van der Waals surface area contributed by atoms with Crippen LogP contribution < -0.4 is 14.4 Å². The van der Waals surface area contributed by atoms with Crippen molar-refractivity contribution >= 4 is 21.6 Å². The van der Waals surface area contributed by atoms with Gasteiger partial charge in [0, 0.05) is 13.1 Å². The summed E-state index contributed by atoms with van der Waals surface area (Å²) in [6.07, 6.45) is 3.97. The van der Waals surface area contributed by atoms with E-state index in [2.05, 4.69) is 22.3 Å². The predicted octanol–water partition coefficient (Wildman–Crippen LogP) is 3.54. The van der Waals surface area contributed by atoms with Crippen molar-refractivity contribution in [3.05, 3.63) is 59.7 Å². The molecule has 1 aliphatic rings. The fourth-order valence-electron chi connectivity index (χ4n) is 4.26. The smallest absolute Gasteiger partial charge is 0.244 e. The SMILES string of the molecule is CCOc1ccc(N(C(CC)C(=O)NCc2cccc(CN3CCCC3)c2)S(C)(=O)=O)cc1. The predicted molar refractivity (Wildman–Crippen MR) is 132 cm³/mol. The number of amides is 1. The van der Waals surface area contributed by atoms with Gasteiger partial charge in [0.25, 0.3) is 0 Å². The molecule has 1 N–H and O–H groups in total. The van der Waals surface area contributed by atoms with Crippen molar-refractivity contribution in [1.82, 2.24) is 10.2 Å². The first kappa shape index (κ1) is 25.1. The van der Waals surface area contributed by atoms with E-state index < -0.39 is 16.1 Å². The molecule has 0 aliphatic carbocycles. The highest BCUT2D eigenvalue weighted by molar-refractivity contribution is 7.92. The van der Waals surface area contributed by atoms with Crippen molar-refractivity contribution < 1.29 is 17.9 Å². The number of rotatable bonds is 11. The van der Waals surface area contributed by atoms with Gasteiger partial charge in [0.05, 0.1) is 18.6 Å². The second-order valence-electron chi connectivity index (χ2n) is 8.43. The summed E-state index contributed by atoms with van der Waals surface area (Å²) in [5, 5.41) is 2.94. The Kier molecular flexibility index (Phi) is 8.74. The van der Waals surface area contributed by atoms with Crippen LogP contribution in [0.25, 0.3) is 0 Å². The van der Waals surface area contributed by atoms with Gasteiger partial charge in [-0.05, 0) is 74.7 Å². The molecule has 0 radical (unpaired) electrons. The van der Waals surface area contributed by atoms with Crippen LogP contribution in [0.3, 0.4) is 0 Å². The molecule has 1 atom stereocenters. The fourth-order valence-corrected chi connectivity index (χ4v) is 5.47. The number of ether oxygens (including phenoxy) is 1. The third-order valence-electron chi connectivity index (χ3n) is 5.79. The van der Waals surface area contributed by atoms with E-state index in [-0.39, 0.29) is 5.91 Å². The number of nitrogens with one attached hydrogen (secondary N) is 1. The molecule has 1 unspecified atom stereocenters. The number of carbonyl (C=O) groups excluding carboxylic acids is 1. The van der Waals surface area contributed by atoms with E-state index in [1.807, 2.05) is 26.0 Å². The lowest BCUT2D eigenvalue weighted by atomic mass is 10.1. The number of hydrogen-bond donors (Lipinski definition) is 1. The fraction of sp³-hybridized carbons (Fsp3) is 0.480. The van der Waals surface area contributed by atoms with Crippen LogP contribution in [0.5, 0.6) is 5.75 Å². The highest BCUT2D eigenvalue weighted by Gasteiger charge is 2.31. The number of benzene rings is 2. The average Bonchev–Trinajstić information content (AvgIpc) is 3.29. The lowest BCUT2D eigenvalue weighted by Gasteiger charge is -2.30. The largest absolute Gasteiger partial charge is 0.494 e. The van der Waals surface area contributed by atoms with E-state index in [0.29, 0.717) is 31.0 Å². The lowest BCUT2D eigenvalue weighted by molar-refractivity contribution is -0.122. The van der Waals surface area contributed by atoms with Gasteiger partial charge in [0.1, 0.15) is 11.8 Å². The van der Waals surface area contributed by atoms with Gasteiger partial charge in [0.15, 0.2) is 0 Å². The molecule has 1 fully saturated rings. The summed E-state index contributed by atoms with van der Waals surface area (Å²) < 4.78 is 31.9. The summed E-state index contributed by atoms with van der Waals surface area (Å²) in [5.74, 6) is 0.336. The van der Waals surface area contributed by atoms with Gasteiger partial charge >= 0.3 is 0 Å². The van der Waals surface area contributed by atoms with E-state index in [9.17, 15) is 13.2 Å². The first-order chi connectivity index (χ1) is 15.8. The summed E-state index contributed by atoms with van der Waals surface area (Å²) in [4.78, 5) is 15.5. The Bertz CT molecular complexity index is 1020. The molecule has 33 heavy (non-hydrogen) atoms. The van der Waals surface area contributed by atoms with E-state index in [1.165, 1.54) is 22.7 Å². The lowest BCUT2D eigenvalue weighted by Crippen LogP contribution is -2.49. The maximum Gasteiger partial charge on any atom is 0.244 e. The number of likely N-dealkylation sites (tertiary alicyclic amines) is 1. The Balaban J connectivity index is 1.70. The van der Waals surface area contributed by atoms with Gasteiger partial charge in [0.2, 0.25) is 15.9 Å². The molecule has 8 heteroatoms. The minimum Gasteiger partial charge on any atom is -0.494 e. The topological polar surface area (TPSA) is 79.0 Å². The Morgan fingerprint density at radius 2 is 1.76 bits per heavy atom. The standard InChI is InChI=1S/C25H35N3O4S/c1-4-24(28(33(3,30)31)22-11-13-23(14-12-22)32-5-2)25(29)26-18-20-9-8-10-21(17-20)19-27-15-6-7-16-27/h8-14,17,24H,4-7,15-16,18-19H2,1-3H3,(H,26,29). The molecule has 1 aliphatic heterocycles. The zero-order chi connectivity index (χ0) is 23.8. The minimum absolute atomic E-state index is 0.318. The molecule has 2 aromatic carbocycles. The molecule has 7 nitrogen and oxygen atoms in total. The molecular formula is C25H35N3O4S. The Morgan fingerprint density at radius 1 is 1.09 bits per heavy atom. The highest BCUT2D eigenvalue weighted by Crippen LogP contribution is 2.25. The molecule has 0 aromatic heterocycles. The summed E-state index contributed by atoms with van der Waals surface area (Å²) in [6, 6.07) is 14.1. The van der Waals surface area contributed by atoms with Gasteiger partial charge < -0.3 is 10.1 Å². The van der Waals surface area contributed by atoms with Crippen molar-refractivity contribution in [3.63, 3.8) is 0 Å². The van der Waals surface area contributed by atoms with Crippen LogP contribution in [0.15, 0.2) is 48.5 Å². The van der Waals surface area contributed by atoms with Gasteiger partial charge in [-0.15, -0.1) is 0 Å². The maximum atomic E-state index is 13.1. The third kappa shape index (κ3) is 6.95. The molecule has 0 saturated carbocycles. The number of nitrogens with zero attached hydrogens (tertiary/aromatic N) is 2. The molecule has 2 aromatic rings. The molecule has 1 heterocycles. The normalized spacial score (nSPS) is 15.2. The summed E-state index contributed by atoms with van der Waals surface area (Å²) in [5.41, 5.74) is 2.67. The first-order valence-electron chi connectivity index (χ1n) is 11.6. The Hall–Kier alpha value is -2.58. The maximum absolute atomic E-state index is 13.1. The van der Waals surface area contributed by atoms with Crippen molar-refractivity contribution in [1.29, 1.82) is 0 Å². The molecule has 0 bridgehead atoms. The molecular weight excluding hydrogens is 438 g/mol. The van der Waals surface area contributed by atoms with E-state index >= 15 is 0 Å². The van der Waals surface area contributed by atoms with Crippen molar-refractivity contribution in [2.75, 3.05) is 30.3 Å². The van der Waals surface area contributed by atoms with Gasteiger partial charge in [-0.3, -0.25) is 14.0 Å². The number of carbonyl (C=O) groups is 1. The van der Waals surface area contributed by atoms with E-state index in [4.69, 9.17) is 4.74 Å². The first-order valence-corrected chi connectivity index (χ1v) is 13.5. The quantitative estimate of drug-likeness (QED) is 0.540. The molecule has 180 valence electrons. The Morgan fingerprint density at radius 3 is 2.36 bits per heavy atom. The number of sulfonamides is 1. The van der Waals surface area contributed by atoms with Crippen LogP contribution in [-0.4, -0.2) is 51.2 Å². The number of anilines is 1. The molecule has 1 amide bonds. The molecule has 1 saturated heterocycles. The zero-order valence-corrected chi connectivity index (χ0v) is 20.6. The van der Waals surface area contributed by atoms with Crippen LogP contribution in [-0.2, 0) is 27.9 Å². The van der Waals surface area contributed by atoms with Gasteiger partial charge in [-0.2, -0.15) is 0 Å². The van der Waals surface area contributed by atoms with Gasteiger partial charge in [-0.25, -0.2) is 8.42 Å². The van der Waals surface area contributed by atoms with Crippen molar-refractivity contribution in [2.45, 2.75) is 52.2 Å². The van der Waals surface area contributed by atoms with Crippen LogP contribution in [0.2, 0.25) is 0 Å². The second-order valence-corrected chi connectivity index (χ2v) is 10.3. The number of hydrogen-bond acceptors (Lipinski definition) is 5. The molecule has 3 rings (SSSR count). The highest BCUT2D eigenvalue weighted by atomic mass is 32.2.